The summed E-state index contributed by atoms with van der Waals surface area (Å²) in [5.74, 6) is 0.832. The molecule has 3 rings (SSSR count). The van der Waals surface area contributed by atoms with Crippen molar-refractivity contribution in [3.8, 4) is 23.1 Å². The van der Waals surface area contributed by atoms with Gasteiger partial charge in [0.2, 0.25) is 0 Å². The molecule has 8 nitrogen and oxygen atoms in total. The summed E-state index contributed by atoms with van der Waals surface area (Å²) >= 11 is 0. The van der Waals surface area contributed by atoms with Crippen LogP contribution < -0.4 is 10.1 Å². The highest BCUT2D eigenvalue weighted by Crippen LogP contribution is 2.25. The maximum absolute atomic E-state index is 12.3. The maximum Gasteiger partial charge on any atom is 0.269 e. The second kappa shape index (κ2) is 8.54. The fraction of sp³-hybridized carbons (Fsp3) is 0.0476. The van der Waals surface area contributed by atoms with Gasteiger partial charge in [0.1, 0.15) is 28.9 Å². The molecule has 1 aromatic heterocycles. The number of hydrogen-bond acceptors (Lipinski definition) is 6. The zero-order chi connectivity index (χ0) is 20.8. The van der Waals surface area contributed by atoms with Crippen molar-refractivity contribution >= 4 is 23.4 Å². The molecule has 0 fully saturated rings. The van der Waals surface area contributed by atoms with Crippen molar-refractivity contribution in [1.29, 1.82) is 5.26 Å². The molecule has 0 unspecified atom stereocenters. The number of ether oxygens (including phenoxy) is 1. The molecule has 0 saturated heterocycles. The minimum absolute atomic E-state index is 0.0256. The van der Waals surface area contributed by atoms with Crippen LogP contribution in [0.1, 0.15) is 5.76 Å². The number of nitrogens with zero attached hydrogens (tertiary/aromatic N) is 2. The number of benzene rings is 2. The third-order valence-corrected chi connectivity index (χ3v) is 3.99. The molecule has 1 amide bonds. The van der Waals surface area contributed by atoms with Crippen molar-refractivity contribution in [2.75, 3.05) is 12.4 Å². The fourth-order valence-corrected chi connectivity index (χ4v) is 2.50. The van der Waals surface area contributed by atoms with Gasteiger partial charge >= 0.3 is 0 Å². The van der Waals surface area contributed by atoms with Gasteiger partial charge in [-0.2, -0.15) is 5.26 Å². The van der Waals surface area contributed by atoms with Gasteiger partial charge in [-0.15, -0.1) is 0 Å². The summed E-state index contributed by atoms with van der Waals surface area (Å²) in [4.78, 5) is 22.6. The Morgan fingerprint density at radius 1 is 1.14 bits per heavy atom. The van der Waals surface area contributed by atoms with Gasteiger partial charge in [0, 0.05) is 29.5 Å². The lowest BCUT2D eigenvalue weighted by Crippen LogP contribution is -2.13. The Bertz CT molecular complexity index is 1110. The highest BCUT2D eigenvalue weighted by molar-refractivity contribution is 6.09. The molecule has 0 bridgehead atoms. The first-order valence-electron chi connectivity index (χ1n) is 8.42. The zero-order valence-corrected chi connectivity index (χ0v) is 15.3. The first-order chi connectivity index (χ1) is 14.0. The number of methoxy groups -OCH3 is 1. The van der Waals surface area contributed by atoms with Crippen LogP contribution in [-0.4, -0.2) is 17.9 Å². The number of carbonyl (C=O) groups is 1. The summed E-state index contributed by atoms with van der Waals surface area (Å²) in [6.07, 6.45) is 1.33. The molecule has 8 heteroatoms. The first kappa shape index (κ1) is 19.4. The van der Waals surface area contributed by atoms with E-state index in [1.165, 1.54) is 18.2 Å². The monoisotopic (exact) mass is 389 g/mol. The van der Waals surface area contributed by atoms with Crippen molar-refractivity contribution in [1.82, 2.24) is 0 Å². The molecule has 3 aromatic rings. The van der Waals surface area contributed by atoms with Gasteiger partial charge in [-0.1, -0.05) is 0 Å². The molecule has 1 N–H and O–H groups in total. The van der Waals surface area contributed by atoms with Crippen LogP contribution in [0.25, 0.3) is 17.4 Å². The van der Waals surface area contributed by atoms with Crippen LogP contribution in [0.2, 0.25) is 0 Å². The Labute approximate surface area is 165 Å². The van der Waals surface area contributed by atoms with Crippen LogP contribution >= 0.6 is 0 Å². The number of anilines is 1. The third-order valence-electron chi connectivity index (χ3n) is 3.99. The minimum Gasteiger partial charge on any atom is -0.497 e. The van der Waals surface area contributed by atoms with Crippen LogP contribution in [0, 0.1) is 21.4 Å². The van der Waals surface area contributed by atoms with Crippen molar-refractivity contribution in [3.63, 3.8) is 0 Å². The number of carbonyl (C=O) groups excluding carboxylic acids is 1. The van der Waals surface area contributed by atoms with Gasteiger partial charge < -0.3 is 14.5 Å². The largest absolute Gasteiger partial charge is 0.497 e. The highest BCUT2D eigenvalue weighted by atomic mass is 16.6. The Morgan fingerprint density at radius 2 is 1.83 bits per heavy atom. The second-order valence-electron chi connectivity index (χ2n) is 5.86. The van der Waals surface area contributed by atoms with Crippen molar-refractivity contribution in [2.45, 2.75) is 0 Å². The average molecular weight is 389 g/mol. The van der Waals surface area contributed by atoms with Crippen molar-refractivity contribution in [2.24, 2.45) is 0 Å². The number of nitro benzene ring substituents is 1. The molecular weight excluding hydrogens is 374 g/mol. The van der Waals surface area contributed by atoms with E-state index in [4.69, 9.17) is 9.15 Å². The molecule has 0 spiro atoms. The predicted molar refractivity (Wildman–Crippen MR) is 106 cm³/mol. The zero-order valence-electron chi connectivity index (χ0n) is 15.3. The summed E-state index contributed by atoms with van der Waals surface area (Å²) < 4.78 is 10.7. The molecule has 144 valence electrons. The van der Waals surface area contributed by atoms with E-state index in [0.29, 0.717) is 28.5 Å². The number of hydrogen-bond donors (Lipinski definition) is 1. The first-order valence-corrected chi connectivity index (χ1v) is 8.42. The van der Waals surface area contributed by atoms with Crippen LogP contribution in [0.5, 0.6) is 5.75 Å². The van der Waals surface area contributed by atoms with E-state index in [1.54, 1.807) is 55.6 Å². The van der Waals surface area contributed by atoms with E-state index in [-0.39, 0.29) is 11.3 Å². The van der Waals surface area contributed by atoms with Crippen LogP contribution in [-0.2, 0) is 4.79 Å². The van der Waals surface area contributed by atoms with E-state index in [2.05, 4.69) is 5.32 Å². The second-order valence-corrected chi connectivity index (χ2v) is 5.86. The number of amides is 1. The summed E-state index contributed by atoms with van der Waals surface area (Å²) in [5.41, 5.74) is 0.993. The number of rotatable bonds is 6. The molecule has 2 aromatic carbocycles. The smallest absolute Gasteiger partial charge is 0.269 e. The molecule has 0 aliphatic rings. The molecule has 0 radical (unpaired) electrons. The molecular formula is C21H15N3O5. The molecule has 29 heavy (non-hydrogen) atoms. The topological polar surface area (TPSA) is 118 Å². The Morgan fingerprint density at radius 3 is 2.41 bits per heavy atom. The van der Waals surface area contributed by atoms with Crippen LogP contribution in [0.4, 0.5) is 11.4 Å². The predicted octanol–water partition coefficient (Wildman–Crippen LogP) is 4.41. The van der Waals surface area contributed by atoms with Gasteiger partial charge in [0.25, 0.3) is 11.6 Å². The number of nitrogens with one attached hydrogen (secondary N) is 1. The van der Waals surface area contributed by atoms with Gasteiger partial charge in [-0.05, 0) is 48.5 Å². The number of nitriles is 1. The van der Waals surface area contributed by atoms with E-state index in [1.807, 2.05) is 6.07 Å². The molecule has 0 atom stereocenters. The summed E-state index contributed by atoms with van der Waals surface area (Å²) in [5, 5.41) is 22.7. The van der Waals surface area contributed by atoms with Crippen LogP contribution in [0.15, 0.2) is 70.7 Å². The third kappa shape index (κ3) is 4.67. The van der Waals surface area contributed by atoms with E-state index in [0.717, 1.165) is 0 Å². The molecule has 0 saturated carbocycles. The number of non-ortho nitro benzene ring substituents is 1. The standard InChI is InChI=1S/C21H15N3O5/c1-28-18-8-4-16(5-9-18)23-21(25)15(13-22)12-19-10-11-20(29-19)14-2-6-17(7-3-14)24(26)27/h2-12H,1H3,(H,23,25)/b15-12+. The maximum atomic E-state index is 12.3. The average Bonchev–Trinajstić information content (AvgIpc) is 3.21. The Kier molecular flexibility index (Phi) is 5.71. The quantitative estimate of drug-likeness (QED) is 0.289. The van der Waals surface area contributed by atoms with Gasteiger partial charge in [0.15, 0.2) is 0 Å². The Hall–Kier alpha value is -4.38. The van der Waals surface area contributed by atoms with Crippen molar-refractivity contribution < 1.29 is 18.9 Å². The van der Waals surface area contributed by atoms with Crippen molar-refractivity contribution in [3.05, 3.63) is 82.1 Å². The highest BCUT2D eigenvalue weighted by Gasteiger charge is 2.12. The normalized spacial score (nSPS) is 10.8. The Balaban J connectivity index is 1.76. The van der Waals surface area contributed by atoms with E-state index in [9.17, 15) is 20.2 Å². The minimum atomic E-state index is -0.578. The summed E-state index contributed by atoms with van der Waals surface area (Å²) in [6, 6.07) is 17.7. The fourth-order valence-electron chi connectivity index (χ4n) is 2.50. The van der Waals surface area contributed by atoms with Gasteiger partial charge in [-0.25, -0.2) is 0 Å². The van der Waals surface area contributed by atoms with E-state index < -0.39 is 10.8 Å². The van der Waals surface area contributed by atoms with Crippen LogP contribution in [0.3, 0.4) is 0 Å². The SMILES string of the molecule is COc1ccc(NC(=O)/C(C#N)=C/c2ccc(-c3ccc([N+](=O)[O-])cc3)o2)cc1. The van der Waals surface area contributed by atoms with Gasteiger partial charge in [0.05, 0.1) is 12.0 Å². The molecule has 0 aliphatic heterocycles. The summed E-state index contributed by atoms with van der Waals surface area (Å²) in [7, 11) is 1.54. The number of nitro groups is 1. The summed E-state index contributed by atoms with van der Waals surface area (Å²) in [6.45, 7) is 0. The lowest BCUT2D eigenvalue weighted by atomic mass is 10.1. The lowest BCUT2D eigenvalue weighted by molar-refractivity contribution is -0.384. The lowest BCUT2D eigenvalue weighted by Gasteiger charge is -2.05. The van der Waals surface area contributed by atoms with E-state index >= 15 is 0 Å². The molecule has 1 heterocycles. The van der Waals surface area contributed by atoms with Gasteiger partial charge in [-0.3, -0.25) is 14.9 Å². The number of furan rings is 1. The molecule has 0 aliphatic carbocycles.